The summed E-state index contributed by atoms with van der Waals surface area (Å²) in [7, 11) is 0. The molecule has 0 radical (unpaired) electrons. The molecule has 2 rings (SSSR count). The second kappa shape index (κ2) is 5.41. The fraction of sp³-hybridized carbons (Fsp3) is 0.500. The molecule has 0 aliphatic rings. The van der Waals surface area contributed by atoms with Crippen LogP contribution in [0.5, 0.6) is 0 Å². The van der Waals surface area contributed by atoms with Crippen molar-refractivity contribution in [2.75, 3.05) is 11.9 Å². The molecule has 0 aliphatic carbocycles. The highest BCUT2D eigenvalue weighted by atomic mass is 16.6. The molecule has 0 amide bonds. The predicted molar refractivity (Wildman–Crippen MR) is 72.5 cm³/mol. The summed E-state index contributed by atoms with van der Waals surface area (Å²) >= 11 is 0. The molecule has 8 heteroatoms. The summed E-state index contributed by atoms with van der Waals surface area (Å²) in [6, 6.07) is 2.88. The average Bonchev–Trinajstić information content (AvgIpc) is 2.93. The number of benzene rings is 1. The van der Waals surface area contributed by atoms with Crippen LogP contribution in [0.4, 0.5) is 11.4 Å². The summed E-state index contributed by atoms with van der Waals surface area (Å²) in [5.41, 5.74) is -0.0591. The highest BCUT2D eigenvalue weighted by Gasteiger charge is 2.24. The maximum absolute atomic E-state index is 10.9. The molecular weight excluding hydrogens is 264 g/mol. The Morgan fingerprint density at radius 1 is 1.35 bits per heavy atom. The van der Waals surface area contributed by atoms with Crippen molar-refractivity contribution in [3.05, 3.63) is 22.2 Å². The number of fused-ring (bicyclic) bond motifs is 1. The molecule has 0 saturated heterocycles. The summed E-state index contributed by atoms with van der Waals surface area (Å²) in [5.74, 6) is 0. The third-order valence-corrected chi connectivity index (χ3v) is 3.51. The van der Waals surface area contributed by atoms with E-state index >= 15 is 0 Å². The van der Waals surface area contributed by atoms with Crippen molar-refractivity contribution in [2.45, 2.75) is 32.3 Å². The molecule has 1 aromatic heterocycles. The van der Waals surface area contributed by atoms with E-state index < -0.39 is 10.5 Å². The first-order valence-electron chi connectivity index (χ1n) is 6.36. The van der Waals surface area contributed by atoms with Gasteiger partial charge in [0.25, 0.3) is 0 Å². The number of hydrogen-bond donors (Lipinski definition) is 2. The predicted octanol–water partition coefficient (Wildman–Crippen LogP) is 2.09. The van der Waals surface area contributed by atoms with E-state index in [4.69, 9.17) is 0 Å². The molecule has 20 heavy (non-hydrogen) atoms. The number of rotatable bonds is 6. The summed E-state index contributed by atoms with van der Waals surface area (Å²) in [6.07, 6.45) is 1.20. The lowest BCUT2D eigenvalue weighted by Crippen LogP contribution is -2.35. The summed E-state index contributed by atoms with van der Waals surface area (Å²) in [5, 5.41) is 31.4. The van der Waals surface area contributed by atoms with E-state index in [-0.39, 0.29) is 16.7 Å². The third kappa shape index (κ3) is 2.55. The first kappa shape index (κ1) is 14.2. The van der Waals surface area contributed by atoms with Crippen LogP contribution >= 0.6 is 0 Å². The van der Waals surface area contributed by atoms with Gasteiger partial charge in [-0.25, -0.2) is 4.63 Å². The lowest BCUT2D eigenvalue weighted by atomic mass is 9.97. The van der Waals surface area contributed by atoms with Crippen LogP contribution in [0.25, 0.3) is 11.0 Å². The van der Waals surface area contributed by atoms with E-state index in [1.165, 1.54) is 12.1 Å². The van der Waals surface area contributed by atoms with Gasteiger partial charge >= 0.3 is 5.69 Å². The summed E-state index contributed by atoms with van der Waals surface area (Å²) in [4.78, 5) is 10.3. The minimum absolute atomic E-state index is 0.0940. The Kier molecular flexibility index (Phi) is 3.84. The molecule has 0 spiro atoms. The first-order valence-corrected chi connectivity index (χ1v) is 6.36. The molecule has 0 fully saturated rings. The Bertz CT molecular complexity index is 621. The normalized spacial score (nSPS) is 11.8. The maximum atomic E-state index is 10.9. The number of aromatic nitrogens is 2. The van der Waals surface area contributed by atoms with Crippen molar-refractivity contribution >= 4 is 22.4 Å². The van der Waals surface area contributed by atoms with Crippen molar-refractivity contribution in [3.63, 3.8) is 0 Å². The van der Waals surface area contributed by atoms with Crippen LogP contribution in [0, 0.1) is 10.1 Å². The molecule has 2 aromatic rings. The number of non-ortho nitro benzene ring substituents is 1. The minimum atomic E-state index is -0.828. The molecule has 0 unspecified atom stereocenters. The zero-order valence-corrected chi connectivity index (χ0v) is 11.3. The summed E-state index contributed by atoms with van der Waals surface area (Å²) in [6.45, 7) is 4.11. The van der Waals surface area contributed by atoms with E-state index in [9.17, 15) is 15.2 Å². The number of nitro groups is 1. The van der Waals surface area contributed by atoms with Gasteiger partial charge in [0.15, 0.2) is 5.52 Å². The second-order valence-corrected chi connectivity index (χ2v) is 4.64. The van der Waals surface area contributed by atoms with Crippen molar-refractivity contribution in [3.8, 4) is 0 Å². The molecule has 8 nitrogen and oxygen atoms in total. The second-order valence-electron chi connectivity index (χ2n) is 4.64. The Balaban J connectivity index is 2.30. The smallest absolute Gasteiger partial charge is 0.300 e. The molecule has 1 heterocycles. The Morgan fingerprint density at radius 3 is 2.60 bits per heavy atom. The van der Waals surface area contributed by atoms with Crippen LogP contribution < -0.4 is 5.32 Å². The number of anilines is 1. The average molecular weight is 280 g/mol. The van der Waals surface area contributed by atoms with E-state index in [0.717, 1.165) is 0 Å². The lowest BCUT2D eigenvalue weighted by Gasteiger charge is -2.25. The van der Waals surface area contributed by atoms with Crippen molar-refractivity contribution in [1.82, 2.24) is 10.3 Å². The standard InChI is InChI=1S/C12H16N4O4/c1-3-12(17,4-2)7-13-8-5-6-9(16(18)19)11-10(8)14-20-15-11/h5-6,13,17H,3-4,7H2,1-2H3. The van der Waals surface area contributed by atoms with Gasteiger partial charge in [0.2, 0.25) is 5.52 Å². The van der Waals surface area contributed by atoms with Gasteiger partial charge in [-0.3, -0.25) is 10.1 Å². The molecule has 0 atom stereocenters. The van der Waals surface area contributed by atoms with Crippen LogP contribution in [-0.4, -0.2) is 32.5 Å². The number of nitrogens with one attached hydrogen (secondary N) is 1. The van der Waals surface area contributed by atoms with Crippen LogP contribution in [0.15, 0.2) is 16.8 Å². The van der Waals surface area contributed by atoms with Crippen molar-refractivity contribution in [2.24, 2.45) is 0 Å². The molecule has 0 saturated carbocycles. The molecule has 2 N–H and O–H groups in total. The van der Waals surface area contributed by atoms with Crippen LogP contribution in [0.2, 0.25) is 0 Å². The Labute approximate surface area is 114 Å². The zero-order chi connectivity index (χ0) is 14.8. The molecular formula is C12H16N4O4. The number of nitrogens with zero attached hydrogens (tertiary/aromatic N) is 3. The van der Waals surface area contributed by atoms with Crippen LogP contribution in [0.3, 0.4) is 0 Å². The van der Waals surface area contributed by atoms with Gasteiger partial charge in [0.05, 0.1) is 16.2 Å². The van der Waals surface area contributed by atoms with Gasteiger partial charge in [0, 0.05) is 12.6 Å². The fourth-order valence-electron chi connectivity index (χ4n) is 1.90. The fourth-order valence-corrected chi connectivity index (χ4v) is 1.90. The monoisotopic (exact) mass is 280 g/mol. The minimum Gasteiger partial charge on any atom is -0.388 e. The highest BCUT2D eigenvalue weighted by Crippen LogP contribution is 2.29. The van der Waals surface area contributed by atoms with E-state index in [1.807, 2.05) is 13.8 Å². The Hall–Kier alpha value is -2.22. The van der Waals surface area contributed by atoms with Gasteiger partial charge in [-0.15, -0.1) is 0 Å². The quantitative estimate of drug-likeness (QED) is 0.615. The molecule has 0 bridgehead atoms. The van der Waals surface area contributed by atoms with Crippen molar-refractivity contribution in [1.29, 1.82) is 0 Å². The van der Waals surface area contributed by atoms with E-state index in [0.29, 0.717) is 25.1 Å². The molecule has 0 aliphatic heterocycles. The zero-order valence-electron chi connectivity index (χ0n) is 11.3. The van der Waals surface area contributed by atoms with E-state index in [2.05, 4.69) is 20.3 Å². The highest BCUT2D eigenvalue weighted by molar-refractivity contribution is 5.93. The third-order valence-electron chi connectivity index (χ3n) is 3.51. The first-order chi connectivity index (χ1) is 9.50. The number of aliphatic hydroxyl groups is 1. The lowest BCUT2D eigenvalue weighted by molar-refractivity contribution is -0.383. The number of hydrogen-bond acceptors (Lipinski definition) is 7. The number of nitro benzene ring substituents is 1. The van der Waals surface area contributed by atoms with Gasteiger partial charge in [0.1, 0.15) is 0 Å². The largest absolute Gasteiger partial charge is 0.388 e. The van der Waals surface area contributed by atoms with Gasteiger partial charge < -0.3 is 10.4 Å². The molecule has 108 valence electrons. The maximum Gasteiger partial charge on any atom is 0.300 e. The summed E-state index contributed by atoms with van der Waals surface area (Å²) < 4.78 is 4.57. The topological polar surface area (TPSA) is 114 Å². The Morgan fingerprint density at radius 2 is 2.00 bits per heavy atom. The van der Waals surface area contributed by atoms with Crippen LogP contribution in [0.1, 0.15) is 26.7 Å². The molecule has 1 aromatic carbocycles. The van der Waals surface area contributed by atoms with Gasteiger partial charge in [-0.2, -0.15) is 0 Å². The van der Waals surface area contributed by atoms with Gasteiger partial charge in [-0.05, 0) is 29.2 Å². The van der Waals surface area contributed by atoms with E-state index in [1.54, 1.807) is 0 Å². The van der Waals surface area contributed by atoms with Crippen LogP contribution in [-0.2, 0) is 0 Å². The van der Waals surface area contributed by atoms with Crippen molar-refractivity contribution < 1.29 is 14.7 Å². The SMILES string of the molecule is CCC(O)(CC)CNc1ccc([N+](=O)[O-])c2nonc12. The van der Waals surface area contributed by atoms with Gasteiger partial charge in [-0.1, -0.05) is 13.8 Å².